The minimum Gasteiger partial charge on any atom is -0.369 e. The Hall–Kier alpha value is -2.37. The Labute approximate surface area is 163 Å². The molecular formula is C21H23ClN4O. The number of anilines is 1. The van der Waals surface area contributed by atoms with Crippen LogP contribution in [0.25, 0.3) is 11.0 Å². The van der Waals surface area contributed by atoms with E-state index in [0.29, 0.717) is 12.2 Å². The molecule has 27 heavy (non-hydrogen) atoms. The van der Waals surface area contributed by atoms with Crippen molar-refractivity contribution in [2.24, 2.45) is 0 Å². The standard InChI is InChI=1S/C21H23ClN4O/c1-16-21(27)26(20-8-3-2-7-19(20)23-16)14-11-24-9-12-25(13-10-24)18-6-4-5-17(22)15-18/h2-8,15H,9-14H2,1H3. The molecule has 1 aliphatic rings. The van der Waals surface area contributed by atoms with E-state index in [1.54, 1.807) is 6.92 Å². The second-order valence-corrected chi connectivity index (χ2v) is 7.39. The summed E-state index contributed by atoms with van der Waals surface area (Å²) in [6, 6.07) is 15.9. The second-order valence-electron chi connectivity index (χ2n) is 6.95. The monoisotopic (exact) mass is 382 g/mol. The van der Waals surface area contributed by atoms with E-state index in [4.69, 9.17) is 11.6 Å². The Morgan fingerprint density at radius 3 is 2.56 bits per heavy atom. The fourth-order valence-corrected chi connectivity index (χ4v) is 3.87. The van der Waals surface area contributed by atoms with Gasteiger partial charge in [-0.15, -0.1) is 0 Å². The van der Waals surface area contributed by atoms with Gasteiger partial charge in [0.2, 0.25) is 0 Å². The van der Waals surface area contributed by atoms with E-state index in [0.717, 1.165) is 48.8 Å². The zero-order chi connectivity index (χ0) is 18.8. The van der Waals surface area contributed by atoms with Crippen LogP contribution >= 0.6 is 11.6 Å². The van der Waals surface area contributed by atoms with Gasteiger partial charge < -0.3 is 9.47 Å². The summed E-state index contributed by atoms with van der Waals surface area (Å²) in [5.74, 6) is 0. The molecule has 4 rings (SSSR count). The molecule has 1 fully saturated rings. The van der Waals surface area contributed by atoms with Crippen LogP contribution < -0.4 is 10.5 Å². The van der Waals surface area contributed by atoms with Crippen molar-refractivity contribution in [1.82, 2.24) is 14.5 Å². The molecule has 0 saturated carbocycles. The van der Waals surface area contributed by atoms with Gasteiger partial charge in [-0.25, -0.2) is 4.98 Å². The minimum atomic E-state index is 0.00580. The smallest absolute Gasteiger partial charge is 0.272 e. The summed E-state index contributed by atoms with van der Waals surface area (Å²) >= 11 is 6.11. The number of piperazine rings is 1. The zero-order valence-corrected chi connectivity index (χ0v) is 16.2. The molecule has 1 aliphatic heterocycles. The van der Waals surface area contributed by atoms with Crippen LogP contribution in [0.5, 0.6) is 0 Å². The maximum Gasteiger partial charge on any atom is 0.272 e. The summed E-state index contributed by atoms with van der Waals surface area (Å²) in [4.78, 5) is 21.8. The number of halogens is 1. The van der Waals surface area contributed by atoms with Crippen LogP contribution in [0.15, 0.2) is 53.3 Å². The summed E-state index contributed by atoms with van der Waals surface area (Å²) < 4.78 is 1.86. The third-order valence-corrected chi connectivity index (χ3v) is 5.44. The summed E-state index contributed by atoms with van der Waals surface area (Å²) in [6.45, 7) is 7.20. The molecule has 6 heteroatoms. The number of aryl methyl sites for hydroxylation is 1. The fraction of sp³-hybridized carbons (Fsp3) is 0.333. The highest BCUT2D eigenvalue weighted by Gasteiger charge is 2.18. The Kier molecular flexibility index (Phi) is 5.14. The van der Waals surface area contributed by atoms with Crippen molar-refractivity contribution in [1.29, 1.82) is 0 Å². The molecule has 0 aliphatic carbocycles. The summed E-state index contributed by atoms with van der Waals surface area (Å²) in [7, 11) is 0. The Bertz CT molecular complexity index is 1010. The molecule has 0 amide bonds. The van der Waals surface area contributed by atoms with Gasteiger partial charge in [-0.2, -0.15) is 0 Å². The molecule has 0 N–H and O–H groups in total. The van der Waals surface area contributed by atoms with E-state index in [2.05, 4.69) is 20.9 Å². The van der Waals surface area contributed by atoms with Crippen LogP contribution in [0.3, 0.4) is 0 Å². The molecule has 0 bridgehead atoms. The summed E-state index contributed by atoms with van der Waals surface area (Å²) in [5, 5.41) is 0.772. The summed E-state index contributed by atoms with van der Waals surface area (Å²) in [5.41, 5.74) is 3.52. The lowest BCUT2D eigenvalue weighted by molar-refractivity contribution is 0.248. The highest BCUT2D eigenvalue weighted by atomic mass is 35.5. The van der Waals surface area contributed by atoms with E-state index >= 15 is 0 Å². The van der Waals surface area contributed by atoms with Gasteiger partial charge in [-0.05, 0) is 37.3 Å². The third-order valence-electron chi connectivity index (χ3n) is 5.20. The number of para-hydroxylation sites is 2. The first-order valence-corrected chi connectivity index (χ1v) is 9.69. The molecule has 140 valence electrons. The van der Waals surface area contributed by atoms with Crippen LogP contribution in [0.2, 0.25) is 5.02 Å². The number of rotatable bonds is 4. The van der Waals surface area contributed by atoms with Crippen LogP contribution in [0, 0.1) is 6.92 Å². The predicted octanol–water partition coefficient (Wildman–Crippen LogP) is 3.18. The zero-order valence-electron chi connectivity index (χ0n) is 15.4. The topological polar surface area (TPSA) is 41.4 Å². The van der Waals surface area contributed by atoms with Crippen molar-refractivity contribution in [2.75, 3.05) is 37.6 Å². The van der Waals surface area contributed by atoms with Gasteiger partial charge in [0, 0.05) is 50.0 Å². The second kappa shape index (κ2) is 7.71. The molecule has 1 saturated heterocycles. The maximum absolute atomic E-state index is 12.6. The number of hydrogen-bond acceptors (Lipinski definition) is 4. The van der Waals surface area contributed by atoms with Crippen LogP contribution in [0.4, 0.5) is 5.69 Å². The number of nitrogens with zero attached hydrogens (tertiary/aromatic N) is 4. The van der Waals surface area contributed by atoms with Crippen LogP contribution in [0.1, 0.15) is 5.69 Å². The third kappa shape index (κ3) is 3.84. The van der Waals surface area contributed by atoms with E-state index in [-0.39, 0.29) is 5.56 Å². The summed E-state index contributed by atoms with van der Waals surface area (Å²) in [6.07, 6.45) is 0. The Morgan fingerprint density at radius 1 is 1.00 bits per heavy atom. The lowest BCUT2D eigenvalue weighted by atomic mass is 10.2. The molecule has 0 spiro atoms. The van der Waals surface area contributed by atoms with Crippen LogP contribution in [-0.4, -0.2) is 47.2 Å². The largest absolute Gasteiger partial charge is 0.369 e. The molecule has 3 aromatic rings. The minimum absolute atomic E-state index is 0.00580. The average molecular weight is 383 g/mol. The van der Waals surface area contributed by atoms with Crippen molar-refractivity contribution in [3.63, 3.8) is 0 Å². The SMILES string of the molecule is Cc1nc2ccccc2n(CCN2CCN(c3cccc(Cl)c3)CC2)c1=O. The number of aromatic nitrogens is 2. The molecular weight excluding hydrogens is 360 g/mol. The molecule has 0 atom stereocenters. The van der Waals surface area contributed by atoms with Gasteiger partial charge in [0.15, 0.2) is 0 Å². The van der Waals surface area contributed by atoms with Crippen molar-refractivity contribution in [3.05, 3.63) is 69.6 Å². The van der Waals surface area contributed by atoms with Gasteiger partial charge >= 0.3 is 0 Å². The normalized spacial score (nSPS) is 15.4. The van der Waals surface area contributed by atoms with Gasteiger partial charge in [-0.3, -0.25) is 9.69 Å². The number of benzene rings is 2. The first-order chi connectivity index (χ1) is 13.1. The van der Waals surface area contributed by atoms with E-state index in [1.807, 2.05) is 47.0 Å². The lowest BCUT2D eigenvalue weighted by Crippen LogP contribution is -2.47. The Balaban J connectivity index is 1.43. The van der Waals surface area contributed by atoms with Crippen molar-refractivity contribution < 1.29 is 0 Å². The quantitative estimate of drug-likeness (QED) is 0.695. The van der Waals surface area contributed by atoms with E-state index in [9.17, 15) is 4.79 Å². The van der Waals surface area contributed by atoms with Gasteiger partial charge in [0.05, 0.1) is 11.0 Å². The molecule has 0 radical (unpaired) electrons. The first-order valence-electron chi connectivity index (χ1n) is 9.31. The van der Waals surface area contributed by atoms with Crippen molar-refractivity contribution in [3.8, 4) is 0 Å². The van der Waals surface area contributed by atoms with Gasteiger partial charge in [-0.1, -0.05) is 29.8 Å². The van der Waals surface area contributed by atoms with Crippen molar-refractivity contribution in [2.45, 2.75) is 13.5 Å². The van der Waals surface area contributed by atoms with E-state index in [1.165, 1.54) is 5.69 Å². The first kappa shape index (κ1) is 18.0. The van der Waals surface area contributed by atoms with Gasteiger partial charge in [0.25, 0.3) is 5.56 Å². The number of fused-ring (bicyclic) bond motifs is 1. The fourth-order valence-electron chi connectivity index (χ4n) is 3.69. The highest BCUT2D eigenvalue weighted by Crippen LogP contribution is 2.20. The van der Waals surface area contributed by atoms with Gasteiger partial charge in [0.1, 0.15) is 5.69 Å². The van der Waals surface area contributed by atoms with Crippen LogP contribution in [-0.2, 0) is 6.54 Å². The van der Waals surface area contributed by atoms with E-state index < -0.39 is 0 Å². The molecule has 5 nitrogen and oxygen atoms in total. The lowest BCUT2D eigenvalue weighted by Gasteiger charge is -2.36. The molecule has 0 unspecified atom stereocenters. The Morgan fingerprint density at radius 2 is 1.78 bits per heavy atom. The number of hydrogen-bond donors (Lipinski definition) is 0. The average Bonchev–Trinajstić information content (AvgIpc) is 2.69. The molecule has 1 aromatic heterocycles. The molecule has 2 aromatic carbocycles. The molecule has 2 heterocycles. The highest BCUT2D eigenvalue weighted by molar-refractivity contribution is 6.30. The van der Waals surface area contributed by atoms with Crippen molar-refractivity contribution >= 4 is 28.3 Å². The maximum atomic E-state index is 12.6. The predicted molar refractivity (Wildman–Crippen MR) is 111 cm³/mol.